The molecular formula is C22H40N4O4. The average Bonchev–Trinajstić information content (AvgIpc) is 2.77. The predicted octanol–water partition coefficient (Wildman–Crippen LogP) is 1.10. The van der Waals surface area contributed by atoms with Crippen molar-refractivity contribution in [3.8, 4) is 0 Å². The molecule has 0 aliphatic carbocycles. The molecule has 0 radical (unpaired) electrons. The molecule has 3 heterocycles. The number of piperazine rings is 1. The highest BCUT2D eigenvalue weighted by molar-refractivity contribution is 5.96. The van der Waals surface area contributed by atoms with Crippen molar-refractivity contribution in [2.24, 2.45) is 11.5 Å². The lowest BCUT2D eigenvalue weighted by molar-refractivity contribution is -0.137. The van der Waals surface area contributed by atoms with E-state index < -0.39 is 12.1 Å². The second-order valence-corrected chi connectivity index (χ2v) is 9.12. The summed E-state index contributed by atoms with van der Waals surface area (Å²) in [4.78, 5) is 24.9. The number of ether oxygens (including phenoxy) is 2. The fourth-order valence-electron chi connectivity index (χ4n) is 4.78. The second-order valence-electron chi connectivity index (χ2n) is 9.12. The fraction of sp³-hybridized carbons (Fsp3) is 0.909. The summed E-state index contributed by atoms with van der Waals surface area (Å²) in [7, 11) is 0. The molecule has 6 atom stereocenters. The molecule has 3 fully saturated rings. The first-order valence-corrected chi connectivity index (χ1v) is 11.9. The lowest BCUT2D eigenvalue weighted by Crippen LogP contribution is -2.61. The molecule has 0 spiro atoms. The molecule has 2 amide bonds. The zero-order chi connectivity index (χ0) is 21.3. The number of amides is 2. The van der Waals surface area contributed by atoms with Crippen LogP contribution in [0, 0.1) is 0 Å². The van der Waals surface area contributed by atoms with E-state index >= 15 is 0 Å². The average molecular weight is 425 g/mol. The van der Waals surface area contributed by atoms with Crippen LogP contribution >= 0.6 is 0 Å². The highest BCUT2D eigenvalue weighted by Gasteiger charge is 2.33. The van der Waals surface area contributed by atoms with E-state index in [1.807, 2.05) is 0 Å². The van der Waals surface area contributed by atoms with E-state index in [0.717, 1.165) is 64.6 Å². The molecule has 172 valence electrons. The molecule has 3 saturated heterocycles. The first-order valence-electron chi connectivity index (χ1n) is 11.9. The number of rotatable bonds is 10. The molecule has 30 heavy (non-hydrogen) atoms. The molecule has 0 saturated carbocycles. The summed E-state index contributed by atoms with van der Waals surface area (Å²) in [5, 5.41) is 5.78. The van der Waals surface area contributed by atoms with E-state index in [0.29, 0.717) is 12.8 Å². The Labute approximate surface area is 180 Å². The lowest BCUT2D eigenvalue weighted by atomic mass is 9.95. The summed E-state index contributed by atoms with van der Waals surface area (Å²) < 4.78 is 11.5. The summed E-state index contributed by atoms with van der Waals surface area (Å²) in [5.74, 6) is -0.191. The van der Waals surface area contributed by atoms with Gasteiger partial charge in [-0.05, 0) is 77.0 Å². The van der Waals surface area contributed by atoms with Crippen molar-refractivity contribution in [3.05, 3.63) is 0 Å². The Bertz CT molecular complexity index is 501. The van der Waals surface area contributed by atoms with Crippen LogP contribution in [0.2, 0.25) is 0 Å². The zero-order valence-electron chi connectivity index (χ0n) is 18.2. The van der Waals surface area contributed by atoms with Gasteiger partial charge in [0.1, 0.15) is 12.1 Å². The minimum atomic E-state index is -0.467. The maximum absolute atomic E-state index is 12.4. The van der Waals surface area contributed by atoms with Crippen molar-refractivity contribution >= 4 is 11.8 Å². The van der Waals surface area contributed by atoms with E-state index in [1.54, 1.807) is 0 Å². The van der Waals surface area contributed by atoms with E-state index in [1.165, 1.54) is 12.8 Å². The number of nitrogens with two attached hydrogens (primary N) is 2. The van der Waals surface area contributed by atoms with Crippen LogP contribution in [0.25, 0.3) is 0 Å². The van der Waals surface area contributed by atoms with Crippen LogP contribution in [0.3, 0.4) is 0 Å². The second kappa shape index (κ2) is 12.0. The van der Waals surface area contributed by atoms with Gasteiger partial charge in [0, 0.05) is 25.3 Å². The standard InChI is InChI=1S/C22H40N4O4/c23-15(19-11-1-3-13-29-19)7-5-9-17-21(27)26-18(22(28)25-17)10-6-8-16(24)20-12-2-4-14-30-20/h15-20H,1-14,23-24H2,(H,25,28)(H,26,27). The number of hydrogen-bond acceptors (Lipinski definition) is 6. The largest absolute Gasteiger partial charge is 0.377 e. The SMILES string of the molecule is NC(CCCC1NC(=O)C(CCCC(N)C2CCCCO2)NC1=O)C1CCCCO1. The van der Waals surface area contributed by atoms with Gasteiger partial charge in [0.2, 0.25) is 11.8 Å². The summed E-state index contributed by atoms with van der Waals surface area (Å²) in [6.07, 6.45) is 11.2. The minimum Gasteiger partial charge on any atom is -0.377 e. The Morgan fingerprint density at radius 1 is 0.767 bits per heavy atom. The van der Waals surface area contributed by atoms with Crippen molar-refractivity contribution in [2.45, 2.75) is 113 Å². The Morgan fingerprint density at radius 3 is 1.57 bits per heavy atom. The van der Waals surface area contributed by atoms with Crippen LogP contribution in [0.1, 0.15) is 77.0 Å². The predicted molar refractivity (Wildman–Crippen MR) is 115 cm³/mol. The van der Waals surface area contributed by atoms with Crippen LogP contribution < -0.4 is 22.1 Å². The maximum atomic E-state index is 12.4. The van der Waals surface area contributed by atoms with Crippen LogP contribution in [-0.4, -0.2) is 61.4 Å². The lowest BCUT2D eigenvalue weighted by Gasteiger charge is -2.31. The van der Waals surface area contributed by atoms with Gasteiger partial charge >= 0.3 is 0 Å². The monoisotopic (exact) mass is 424 g/mol. The zero-order valence-corrected chi connectivity index (χ0v) is 18.2. The molecule has 8 nitrogen and oxygen atoms in total. The van der Waals surface area contributed by atoms with Crippen LogP contribution in [0.4, 0.5) is 0 Å². The van der Waals surface area contributed by atoms with Crippen molar-refractivity contribution < 1.29 is 19.1 Å². The minimum absolute atomic E-state index is 0.00208. The van der Waals surface area contributed by atoms with Crippen LogP contribution in [0.5, 0.6) is 0 Å². The van der Waals surface area contributed by atoms with Gasteiger partial charge in [0.05, 0.1) is 12.2 Å². The van der Waals surface area contributed by atoms with E-state index in [9.17, 15) is 9.59 Å². The van der Waals surface area contributed by atoms with Gasteiger partial charge in [-0.3, -0.25) is 9.59 Å². The Kier molecular flexibility index (Phi) is 9.36. The van der Waals surface area contributed by atoms with E-state index in [4.69, 9.17) is 20.9 Å². The molecule has 0 aromatic rings. The molecule has 3 aliphatic heterocycles. The van der Waals surface area contributed by atoms with Gasteiger partial charge in [0.25, 0.3) is 0 Å². The molecule has 0 aromatic heterocycles. The van der Waals surface area contributed by atoms with Gasteiger partial charge < -0.3 is 31.6 Å². The molecule has 6 N–H and O–H groups in total. The van der Waals surface area contributed by atoms with Gasteiger partial charge in [0.15, 0.2) is 0 Å². The molecule has 0 aromatic carbocycles. The molecule has 0 bridgehead atoms. The number of hydrogen-bond donors (Lipinski definition) is 4. The third kappa shape index (κ3) is 6.90. The topological polar surface area (TPSA) is 129 Å². The van der Waals surface area contributed by atoms with Gasteiger partial charge in [-0.15, -0.1) is 0 Å². The van der Waals surface area contributed by atoms with Gasteiger partial charge in [-0.25, -0.2) is 0 Å². The third-order valence-corrected chi connectivity index (χ3v) is 6.71. The number of nitrogens with one attached hydrogen (secondary N) is 2. The Balaban J connectivity index is 1.32. The molecule has 3 aliphatic rings. The molecule has 3 rings (SSSR count). The van der Waals surface area contributed by atoms with E-state index in [2.05, 4.69) is 10.6 Å². The summed E-state index contributed by atoms with van der Waals surface area (Å²) in [5.41, 5.74) is 12.5. The number of carbonyl (C=O) groups excluding carboxylic acids is 2. The highest BCUT2D eigenvalue weighted by atomic mass is 16.5. The third-order valence-electron chi connectivity index (χ3n) is 6.71. The van der Waals surface area contributed by atoms with Crippen molar-refractivity contribution in [3.63, 3.8) is 0 Å². The van der Waals surface area contributed by atoms with Gasteiger partial charge in [-0.1, -0.05) is 0 Å². The summed E-state index contributed by atoms with van der Waals surface area (Å²) in [6, 6.07) is -0.937. The van der Waals surface area contributed by atoms with Crippen molar-refractivity contribution in [2.75, 3.05) is 13.2 Å². The Hall–Kier alpha value is -1.22. The van der Waals surface area contributed by atoms with Gasteiger partial charge in [-0.2, -0.15) is 0 Å². The molecule has 6 unspecified atom stereocenters. The first-order chi connectivity index (χ1) is 14.5. The summed E-state index contributed by atoms with van der Waals surface area (Å²) in [6.45, 7) is 1.58. The van der Waals surface area contributed by atoms with Crippen molar-refractivity contribution in [1.82, 2.24) is 10.6 Å². The highest BCUT2D eigenvalue weighted by Crippen LogP contribution is 2.20. The van der Waals surface area contributed by atoms with Crippen LogP contribution in [0.15, 0.2) is 0 Å². The molecule has 8 heteroatoms. The first kappa shape index (κ1) is 23.4. The van der Waals surface area contributed by atoms with Crippen LogP contribution in [-0.2, 0) is 19.1 Å². The smallest absolute Gasteiger partial charge is 0.243 e. The fourth-order valence-corrected chi connectivity index (χ4v) is 4.78. The summed E-state index contributed by atoms with van der Waals surface area (Å²) >= 11 is 0. The quantitative estimate of drug-likeness (QED) is 0.416. The maximum Gasteiger partial charge on any atom is 0.243 e. The Morgan fingerprint density at radius 2 is 1.20 bits per heavy atom. The molecular weight excluding hydrogens is 384 g/mol. The number of carbonyl (C=O) groups is 2. The van der Waals surface area contributed by atoms with Crippen molar-refractivity contribution in [1.29, 1.82) is 0 Å². The van der Waals surface area contributed by atoms with E-state index in [-0.39, 0.29) is 36.1 Å². The normalized spacial score (nSPS) is 32.2.